The molecule has 130 valence electrons. The molecular formula is C20H37NSi2. The second-order valence-electron chi connectivity index (χ2n) is 8.43. The van der Waals surface area contributed by atoms with Crippen LogP contribution in [0.2, 0.25) is 29.7 Å². The number of hydrogen-bond acceptors (Lipinski definition) is 1. The van der Waals surface area contributed by atoms with E-state index in [9.17, 15) is 0 Å². The van der Waals surface area contributed by atoms with Crippen LogP contribution in [0.4, 0.5) is 5.69 Å². The van der Waals surface area contributed by atoms with Gasteiger partial charge >= 0.3 is 0 Å². The molecule has 3 heteroatoms. The first-order valence-corrected chi connectivity index (χ1v) is 14.5. The Morgan fingerprint density at radius 3 is 1.65 bits per heavy atom. The maximum Gasteiger partial charge on any atom is 0.0919 e. The average molecular weight is 348 g/mol. The third kappa shape index (κ3) is 4.00. The summed E-state index contributed by atoms with van der Waals surface area (Å²) in [4.78, 5) is 0. The van der Waals surface area contributed by atoms with Crippen LogP contribution in [0.3, 0.4) is 0 Å². The summed E-state index contributed by atoms with van der Waals surface area (Å²) in [6.07, 6.45) is 0. The second kappa shape index (κ2) is 7.84. The van der Waals surface area contributed by atoms with Crippen LogP contribution in [0.1, 0.15) is 41.5 Å². The first-order chi connectivity index (χ1) is 10.6. The van der Waals surface area contributed by atoms with Crippen LogP contribution in [0.15, 0.2) is 42.6 Å². The molecule has 1 aromatic rings. The maximum atomic E-state index is 4.23. The minimum absolute atomic E-state index is 0.593. The summed E-state index contributed by atoms with van der Waals surface area (Å²) in [6.45, 7) is 23.9. The molecule has 0 bridgehead atoms. The lowest BCUT2D eigenvalue weighted by Gasteiger charge is -2.53. The van der Waals surface area contributed by atoms with Gasteiger partial charge in [-0.25, -0.2) is 0 Å². The van der Waals surface area contributed by atoms with Crippen LogP contribution < -0.4 is 5.32 Å². The van der Waals surface area contributed by atoms with Crippen molar-refractivity contribution in [1.82, 2.24) is 0 Å². The van der Waals surface area contributed by atoms with Crippen molar-refractivity contribution in [2.45, 2.75) is 76.5 Å². The van der Waals surface area contributed by atoms with E-state index in [0.29, 0.717) is 5.29 Å². The number of nitrogens with one attached hydrogen (secondary N) is 1. The lowest BCUT2D eigenvalue weighted by atomic mass is 10.3. The summed E-state index contributed by atoms with van der Waals surface area (Å²) < 4.78 is 0. The summed E-state index contributed by atoms with van der Waals surface area (Å²) in [5, 5.41) is 4.60. The van der Waals surface area contributed by atoms with Crippen LogP contribution >= 0.6 is 0 Å². The second-order valence-corrected chi connectivity index (χ2v) is 19.7. The molecule has 0 aliphatic heterocycles. The molecule has 0 saturated carbocycles. The fourth-order valence-electron chi connectivity index (χ4n) is 4.77. The highest BCUT2D eigenvalue weighted by atomic mass is 28.4. The predicted octanol–water partition coefficient (Wildman–Crippen LogP) is 6.66. The van der Waals surface area contributed by atoms with Gasteiger partial charge in [0.05, 0.1) is 16.1 Å². The predicted molar refractivity (Wildman–Crippen MR) is 113 cm³/mol. The van der Waals surface area contributed by atoms with Crippen LogP contribution in [0, 0.1) is 0 Å². The third-order valence-electron chi connectivity index (χ3n) is 5.85. The van der Waals surface area contributed by atoms with Crippen molar-refractivity contribution in [2.75, 3.05) is 5.32 Å². The van der Waals surface area contributed by atoms with Gasteiger partial charge in [0.15, 0.2) is 0 Å². The zero-order chi connectivity index (χ0) is 17.8. The van der Waals surface area contributed by atoms with Crippen molar-refractivity contribution >= 4 is 21.8 Å². The van der Waals surface area contributed by atoms with Gasteiger partial charge in [-0.2, -0.15) is 0 Å². The van der Waals surface area contributed by atoms with E-state index < -0.39 is 16.1 Å². The standard InChI is InChI=1S/C20H37NSi2/c1-10-22(8,9)20(21-19-14-12-11-13-15-19)23(16(2)3,17(4)5)18(6)7/h10-18,20-21H,1H2,2-9H3. The molecule has 0 saturated heterocycles. The lowest BCUT2D eigenvalue weighted by Crippen LogP contribution is -2.67. The number of anilines is 1. The fraction of sp³-hybridized carbons (Fsp3) is 0.600. The highest BCUT2D eigenvalue weighted by molar-refractivity contribution is 7.02. The van der Waals surface area contributed by atoms with Gasteiger partial charge in [-0.1, -0.05) is 72.8 Å². The third-order valence-corrected chi connectivity index (χ3v) is 19.4. The summed E-state index contributed by atoms with van der Waals surface area (Å²) in [6, 6.07) is 10.8. The Kier molecular flexibility index (Phi) is 6.90. The molecule has 1 N–H and O–H groups in total. The van der Waals surface area contributed by atoms with Gasteiger partial charge in [0.1, 0.15) is 0 Å². The first-order valence-electron chi connectivity index (χ1n) is 9.05. The molecule has 23 heavy (non-hydrogen) atoms. The average Bonchev–Trinajstić information content (AvgIpc) is 2.46. The van der Waals surface area contributed by atoms with E-state index in [2.05, 4.69) is 103 Å². The topological polar surface area (TPSA) is 12.0 Å². The van der Waals surface area contributed by atoms with Crippen LogP contribution in [0.25, 0.3) is 0 Å². The molecule has 1 nitrogen and oxygen atoms in total. The van der Waals surface area contributed by atoms with E-state index in [1.54, 1.807) is 0 Å². The lowest BCUT2D eigenvalue weighted by molar-refractivity contribution is 0.790. The highest BCUT2D eigenvalue weighted by Crippen LogP contribution is 2.47. The van der Waals surface area contributed by atoms with Crippen LogP contribution in [-0.4, -0.2) is 21.4 Å². The molecule has 0 spiro atoms. The summed E-state index contributed by atoms with van der Waals surface area (Å²) in [7, 11) is -3.22. The molecule has 1 atom stereocenters. The Bertz CT molecular complexity index is 470. The van der Waals surface area contributed by atoms with Crippen molar-refractivity contribution in [3.05, 3.63) is 42.6 Å². The van der Waals surface area contributed by atoms with Gasteiger partial charge in [0, 0.05) is 11.0 Å². The number of para-hydroxylation sites is 1. The largest absolute Gasteiger partial charge is 0.387 e. The molecule has 0 heterocycles. The zero-order valence-corrected chi connectivity index (χ0v) is 18.5. The molecule has 0 aliphatic rings. The van der Waals surface area contributed by atoms with Gasteiger partial charge in [-0.15, -0.1) is 12.3 Å². The Balaban J connectivity index is 3.49. The minimum Gasteiger partial charge on any atom is -0.387 e. The van der Waals surface area contributed by atoms with Gasteiger partial charge in [-0.05, 0) is 28.8 Å². The van der Waals surface area contributed by atoms with Crippen molar-refractivity contribution < 1.29 is 0 Å². The van der Waals surface area contributed by atoms with Gasteiger partial charge in [0.25, 0.3) is 0 Å². The molecule has 1 rings (SSSR count). The number of rotatable bonds is 8. The molecular weight excluding hydrogens is 310 g/mol. The van der Waals surface area contributed by atoms with Crippen LogP contribution in [-0.2, 0) is 0 Å². The number of benzene rings is 1. The molecule has 1 unspecified atom stereocenters. The van der Waals surface area contributed by atoms with Gasteiger partial charge < -0.3 is 5.32 Å². The highest BCUT2D eigenvalue weighted by Gasteiger charge is 2.53. The van der Waals surface area contributed by atoms with Crippen molar-refractivity contribution in [2.24, 2.45) is 0 Å². The van der Waals surface area contributed by atoms with E-state index in [0.717, 1.165) is 16.6 Å². The van der Waals surface area contributed by atoms with Crippen molar-refractivity contribution in [1.29, 1.82) is 0 Å². The normalized spacial score (nSPS) is 14.4. The van der Waals surface area contributed by atoms with E-state index in [-0.39, 0.29) is 0 Å². The first kappa shape index (κ1) is 20.2. The summed E-state index contributed by atoms with van der Waals surface area (Å²) >= 11 is 0. The monoisotopic (exact) mass is 347 g/mol. The molecule has 0 radical (unpaired) electrons. The van der Waals surface area contributed by atoms with E-state index >= 15 is 0 Å². The van der Waals surface area contributed by atoms with Gasteiger partial charge in [-0.3, -0.25) is 0 Å². The summed E-state index contributed by atoms with van der Waals surface area (Å²) in [5.74, 6) is 0. The Morgan fingerprint density at radius 2 is 1.30 bits per heavy atom. The SMILES string of the molecule is C=C[Si](C)(C)C(Nc1ccccc1)[Si](C(C)C)(C(C)C)C(C)C. The fourth-order valence-corrected chi connectivity index (χ4v) is 20.5. The Morgan fingerprint density at radius 1 is 0.870 bits per heavy atom. The molecule has 0 aliphatic carbocycles. The number of hydrogen-bond donors (Lipinski definition) is 1. The molecule has 0 amide bonds. The maximum absolute atomic E-state index is 4.23. The Labute approximate surface area is 146 Å². The Hall–Kier alpha value is -0.806. The van der Waals surface area contributed by atoms with Gasteiger partial charge in [0.2, 0.25) is 0 Å². The van der Waals surface area contributed by atoms with Crippen molar-refractivity contribution in [3.8, 4) is 0 Å². The quantitative estimate of drug-likeness (QED) is 0.518. The zero-order valence-electron chi connectivity index (χ0n) is 16.5. The molecule has 0 aromatic heterocycles. The van der Waals surface area contributed by atoms with E-state index in [1.165, 1.54) is 5.69 Å². The smallest absolute Gasteiger partial charge is 0.0919 e. The molecule has 0 fully saturated rings. The minimum atomic E-state index is -1.62. The molecule has 1 aromatic carbocycles. The van der Waals surface area contributed by atoms with Crippen molar-refractivity contribution in [3.63, 3.8) is 0 Å². The van der Waals surface area contributed by atoms with E-state index in [4.69, 9.17) is 0 Å². The van der Waals surface area contributed by atoms with E-state index in [1.807, 2.05) is 0 Å². The summed E-state index contributed by atoms with van der Waals surface area (Å²) in [5.41, 5.74) is 5.79. The van der Waals surface area contributed by atoms with Crippen LogP contribution in [0.5, 0.6) is 0 Å².